The summed E-state index contributed by atoms with van der Waals surface area (Å²) < 4.78 is 3.08. The molecule has 2 fully saturated rings. The Bertz CT molecular complexity index is 952. The molecule has 1 saturated carbocycles. The quantitative estimate of drug-likeness (QED) is 0.697. The van der Waals surface area contributed by atoms with Gasteiger partial charge in [-0.15, -0.1) is 11.3 Å². The van der Waals surface area contributed by atoms with E-state index < -0.39 is 0 Å². The summed E-state index contributed by atoms with van der Waals surface area (Å²) in [6, 6.07) is 4.27. The Hall–Kier alpha value is -2.48. The number of carbonyl (C=O) groups is 1. The van der Waals surface area contributed by atoms with E-state index in [-0.39, 0.29) is 5.91 Å². The zero-order chi connectivity index (χ0) is 18.2. The van der Waals surface area contributed by atoms with Gasteiger partial charge in [0.1, 0.15) is 17.8 Å². The van der Waals surface area contributed by atoms with Crippen LogP contribution in [0.25, 0.3) is 10.2 Å². The van der Waals surface area contributed by atoms with Gasteiger partial charge in [0.25, 0.3) is 5.91 Å². The van der Waals surface area contributed by atoms with E-state index in [1.807, 2.05) is 27.1 Å². The molecule has 27 heavy (non-hydrogen) atoms. The van der Waals surface area contributed by atoms with Crippen molar-refractivity contribution in [1.82, 2.24) is 24.6 Å². The minimum atomic E-state index is 0.100. The van der Waals surface area contributed by atoms with Crippen molar-refractivity contribution in [3.63, 3.8) is 0 Å². The summed E-state index contributed by atoms with van der Waals surface area (Å²) in [5.41, 5.74) is 1.72. The predicted molar refractivity (Wildman–Crippen MR) is 105 cm³/mol. The van der Waals surface area contributed by atoms with Crippen molar-refractivity contribution in [3.05, 3.63) is 35.7 Å². The van der Waals surface area contributed by atoms with Crippen LogP contribution in [-0.4, -0.2) is 56.7 Å². The lowest BCUT2D eigenvalue weighted by Crippen LogP contribution is -2.49. The largest absolute Gasteiger partial charge is 0.352 e. The van der Waals surface area contributed by atoms with E-state index >= 15 is 0 Å². The highest BCUT2D eigenvalue weighted by molar-refractivity contribution is 7.17. The van der Waals surface area contributed by atoms with E-state index in [4.69, 9.17) is 0 Å². The normalized spacial score (nSPS) is 18.5. The molecular formula is C19H22N6OS. The van der Waals surface area contributed by atoms with Gasteiger partial charge in [-0.05, 0) is 30.4 Å². The average molecular weight is 382 g/mol. The number of anilines is 1. The van der Waals surface area contributed by atoms with Crippen molar-refractivity contribution in [3.8, 4) is 0 Å². The molecule has 0 radical (unpaired) electrons. The fraction of sp³-hybridized carbons (Fsp3) is 0.474. The van der Waals surface area contributed by atoms with Crippen molar-refractivity contribution in [2.45, 2.75) is 31.7 Å². The molecule has 1 aliphatic heterocycles. The molecule has 140 valence electrons. The summed E-state index contributed by atoms with van der Waals surface area (Å²) in [5.74, 6) is 1.08. The lowest BCUT2D eigenvalue weighted by Gasteiger charge is -2.35. The van der Waals surface area contributed by atoms with E-state index in [2.05, 4.69) is 20.0 Å². The van der Waals surface area contributed by atoms with Crippen LogP contribution in [0.4, 0.5) is 5.82 Å². The van der Waals surface area contributed by atoms with Crippen LogP contribution >= 0.6 is 11.3 Å². The van der Waals surface area contributed by atoms with E-state index in [1.165, 1.54) is 12.8 Å². The second-order valence-corrected chi connectivity index (χ2v) is 8.13. The van der Waals surface area contributed by atoms with Crippen LogP contribution in [0, 0.1) is 0 Å². The van der Waals surface area contributed by atoms with E-state index in [1.54, 1.807) is 23.9 Å². The number of fused-ring (bicyclic) bond motifs is 1. The third-order valence-corrected chi connectivity index (χ3v) is 6.55. The minimum Gasteiger partial charge on any atom is -0.352 e. The molecule has 7 nitrogen and oxygen atoms in total. The second kappa shape index (κ2) is 6.92. The van der Waals surface area contributed by atoms with Gasteiger partial charge in [-0.2, -0.15) is 5.10 Å². The highest BCUT2D eigenvalue weighted by Crippen LogP contribution is 2.31. The number of piperazine rings is 1. The highest BCUT2D eigenvalue weighted by Gasteiger charge is 2.28. The molecule has 0 N–H and O–H groups in total. The molecule has 0 unspecified atom stereocenters. The molecule has 0 bridgehead atoms. The standard InChI is InChI=1S/C19H22N6OS/c26-19(16-5-7-22-25(16)14-3-1-2-4-14)24-10-8-23(9-11-24)18-17-15(6-12-27-17)20-13-21-18/h5-7,12-14H,1-4,8-11H2. The number of aromatic nitrogens is 4. The zero-order valence-electron chi connectivity index (χ0n) is 15.1. The predicted octanol–water partition coefficient (Wildman–Crippen LogP) is 2.97. The molecule has 1 saturated heterocycles. The van der Waals surface area contributed by atoms with Crippen LogP contribution in [0.5, 0.6) is 0 Å². The maximum atomic E-state index is 13.1. The molecule has 8 heteroatoms. The van der Waals surface area contributed by atoms with Gasteiger partial charge in [-0.3, -0.25) is 9.48 Å². The van der Waals surface area contributed by atoms with Crippen molar-refractivity contribution >= 4 is 33.3 Å². The van der Waals surface area contributed by atoms with Crippen LogP contribution in [0.2, 0.25) is 0 Å². The van der Waals surface area contributed by atoms with Crippen LogP contribution in [0.15, 0.2) is 30.0 Å². The maximum absolute atomic E-state index is 13.1. The number of amides is 1. The molecule has 0 spiro atoms. The lowest BCUT2D eigenvalue weighted by molar-refractivity contribution is 0.0731. The Morgan fingerprint density at radius 2 is 1.89 bits per heavy atom. The maximum Gasteiger partial charge on any atom is 0.272 e. The summed E-state index contributed by atoms with van der Waals surface area (Å²) in [4.78, 5) is 26.1. The van der Waals surface area contributed by atoms with Crippen molar-refractivity contribution < 1.29 is 4.79 Å². The van der Waals surface area contributed by atoms with Crippen molar-refractivity contribution in [2.24, 2.45) is 0 Å². The molecule has 4 heterocycles. The fourth-order valence-corrected chi connectivity index (χ4v) is 5.07. The van der Waals surface area contributed by atoms with Crippen molar-refractivity contribution in [1.29, 1.82) is 0 Å². The third-order valence-electron chi connectivity index (χ3n) is 5.65. The van der Waals surface area contributed by atoms with Gasteiger partial charge in [0.2, 0.25) is 0 Å². The zero-order valence-corrected chi connectivity index (χ0v) is 15.9. The topological polar surface area (TPSA) is 67.2 Å². The first-order valence-corrected chi connectivity index (χ1v) is 10.4. The SMILES string of the molecule is O=C(c1ccnn1C1CCCC1)N1CCN(c2ncnc3ccsc23)CC1. The second-order valence-electron chi connectivity index (χ2n) is 7.21. The first-order chi connectivity index (χ1) is 13.3. The summed E-state index contributed by atoms with van der Waals surface area (Å²) in [5, 5.41) is 6.50. The first-order valence-electron chi connectivity index (χ1n) is 9.57. The Morgan fingerprint density at radius 3 is 2.70 bits per heavy atom. The summed E-state index contributed by atoms with van der Waals surface area (Å²) in [6.45, 7) is 2.97. The van der Waals surface area contributed by atoms with Crippen LogP contribution < -0.4 is 4.90 Å². The Kier molecular flexibility index (Phi) is 4.27. The monoisotopic (exact) mass is 382 g/mol. The molecule has 3 aromatic rings. The highest BCUT2D eigenvalue weighted by atomic mass is 32.1. The van der Waals surface area contributed by atoms with Gasteiger partial charge in [0, 0.05) is 32.4 Å². The molecular weight excluding hydrogens is 360 g/mol. The number of hydrogen-bond donors (Lipinski definition) is 0. The Balaban J connectivity index is 1.30. The molecule has 3 aromatic heterocycles. The molecule has 0 atom stereocenters. The van der Waals surface area contributed by atoms with Crippen LogP contribution in [0.3, 0.4) is 0 Å². The number of rotatable bonds is 3. The Morgan fingerprint density at radius 1 is 1.07 bits per heavy atom. The Labute approximate surface area is 161 Å². The van der Waals surface area contributed by atoms with Gasteiger partial charge in [-0.25, -0.2) is 9.97 Å². The van der Waals surface area contributed by atoms with Gasteiger partial charge in [0.15, 0.2) is 0 Å². The smallest absolute Gasteiger partial charge is 0.272 e. The number of nitrogens with zero attached hydrogens (tertiary/aromatic N) is 6. The fourth-order valence-electron chi connectivity index (χ4n) is 4.21. The number of thiophene rings is 1. The summed E-state index contributed by atoms with van der Waals surface area (Å²) in [6.07, 6.45) is 8.10. The van der Waals surface area contributed by atoms with E-state index in [9.17, 15) is 4.79 Å². The summed E-state index contributed by atoms with van der Waals surface area (Å²) >= 11 is 1.67. The number of carbonyl (C=O) groups excluding carboxylic acids is 1. The van der Waals surface area contributed by atoms with Gasteiger partial charge in [-0.1, -0.05) is 12.8 Å². The minimum absolute atomic E-state index is 0.100. The van der Waals surface area contributed by atoms with Gasteiger partial charge < -0.3 is 9.80 Å². The molecule has 0 aromatic carbocycles. The first kappa shape index (κ1) is 16.7. The van der Waals surface area contributed by atoms with Gasteiger partial charge >= 0.3 is 0 Å². The number of hydrogen-bond acceptors (Lipinski definition) is 6. The third kappa shape index (κ3) is 2.97. The van der Waals surface area contributed by atoms with Gasteiger partial charge in [0.05, 0.1) is 16.3 Å². The molecule has 1 aliphatic carbocycles. The average Bonchev–Trinajstić information content (AvgIpc) is 3.47. The van der Waals surface area contributed by atoms with Crippen LogP contribution in [0.1, 0.15) is 42.2 Å². The lowest BCUT2D eigenvalue weighted by atomic mass is 10.2. The van der Waals surface area contributed by atoms with Crippen molar-refractivity contribution in [2.75, 3.05) is 31.1 Å². The molecule has 5 rings (SSSR count). The van der Waals surface area contributed by atoms with E-state index in [0.29, 0.717) is 19.1 Å². The van der Waals surface area contributed by atoms with E-state index in [0.717, 1.165) is 47.7 Å². The molecule has 1 amide bonds. The summed E-state index contributed by atoms with van der Waals surface area (Å²) in [7, 11) is 0. The molecule has 2 aliphatic rings. The van der Waals surface area contributed by atoms with Crippen LogP contribution in [-0.2, 0) is 0 Å².